The lowest BCUT2D eigenvalue weighted by molar-refractivity contribution is 0.0996. The van der Waals surface area contributed by atoms with Gasteiger partial charge in [-0.1, -0.05) is 56.3 Å². The van der Waals surface area contributed by atoms with Crippen LogP contribution in [0.15, 0.2) is 82.4 Å². The van der Waals surface area contributed by atoms with Gasteiger partial charge < -0.3 is 20.4 Å². The van der Waals surface area contributed by atoms with Gasteiger partial charge in [-0.15, -0.1) is 24.0 Å². The van der Waals surface area contributed by atoms with Crippen molar-refractivity contribution in [3.8, 4) is 0 Å². The van der Waals surface area contributed by atoms with E-state index < -0.39 is 0 Å². The Hall–Kier alpha value is -2.85. The minimum absolute atomic E-state index is 0. The number of furan rings is 1. The van der Waals surface area contributed by atoms with Crippen molar-refractivity contribution < 1.29 is 9.21 Å². The summed E-state index contributed by atoms with van der Waals surface area (Å²) in [6.07, 6.45) is 1.48. The predicted octanol–water partition coefficient (Wildman–Crippen LogP) is 4.90. The molecule has 1 atom stereocenters. The predicted molar refractivity (Wildman–Crippen MR) is 149 cm³/mol. The van der Waals surface area contributed by atoms with Crippen LogP contribution in [0.1, 0.15) is 41.6 Å². The highest BCUT2D eigenvalue weighted by Crippen LogP contribution is 2.19. The van der Waals surface area contributed by atoms with Crippen molar-refractivity contribution in [3.05, 3.63) is 89.9 Å². The molecule has 0 saturated carbocycles. The molecule has 2 aromatic carbocycles. The number of nitrogens with zero attached hydrogens (tertiary/aromatic N) is 2. The van der Waals surface area contributed by atoms with E-state index in [0.717, 1.165) is 31.2 Å². The van der Waals surface area contributed by atoms with Gasteiger partial charge in [-0.05, 0) is 48.5 Å². The first kappa shape index (κ1) is 27.4. The normalized spacial score (nSPS) is 12.1. The maximum absolute atomic E-state index is 12.2. The van der Waals surface area contributed by atoms with Crippen molar-refractivity contribution >= 4 is 41.5 Å². The number of hydrogen-bond donors (Lipinski definition) is 3. The first-order valence-electron chi connectivity index (χ1n) is 11.3. The van der Waals surface area contributed by atoms with E-state index in [9.17, 15) is 4.79 Å². The zero-order chi connectivity index (χ0) is 23.5. The van der Waals surface area contributed by atoms with E-state index >= 15 is 0 Å². The maximum atomic E-state index is 12.2. The number of halogens is 1. The Morgan fingerprint density at radius 2 is 1.76 bits per heavy atom. The molecule has 0 saturated heterocycles. The van der Waals surface area contributed by atoms with Crippen LogP contribution in [0.2, 0.25) is 0 Å². The van der Waals surface area contributed by atoms with Crippen molar-refractivity contribution in [2.75, 3.05) is 32.0 Å². The van der Waals surface area contributed by atoms with E-state index in [1.807, 2.05) is 30.3 Å². The van der Waals surface area contributed by atoms with Crippen LogP contribution in [-0.2, 0) is 6.54 Å². The molecule has 0 aliphatic heterocycles. The number of amides is 1. The Bertz CT molecular complexity index is 1020. The molecule has 7 nitrogen and oxygen atoms in total. The Morgan fingerprint density at radius 1 is 1.00 bits per heavy atom. The van der Waals surface area contributed by atoms with Crippen LogP contribution >= 0.6 is 24.0 Å². The summed E-state index contributed by atoms with van der Waals surface area (Å²) in [4.78, 5) is 19.0. The van der Waals surface area contributed by atoms with E-state index in [4.69, 9.17) is 4.42 Å². The van der Waals surface area contributed by atoms with E-state index in [1.165, 1.54) is 11.8 Å². The molecule has 0 bridgehead atoms. The quantitative estimate of drug-likeness (QED) is 0.182. The van der Waals surface area contributed by atoms with Crippen LogP contribution in [-0.4, -0.2) is 43.4 Å². The molecule has 0 aliphatic carbocycles. The fraction of sp³-hybridized carbons (Fsp3) is 0.308. The highest BCUT2D eigenvalue weighted by atomic mass is 127. The van der Waals surface area contributed by atoms with E-state index in [-0.39, 0.29) is 41.7 Å². The standard InChI is InChI=1S/C26H33N5O2.HI/c1-4-31(5-2)23(21-12-7-6-8-13-21)19-29-26(27-3)28-18-20-11-9-14-22(17-20)30-25(32)24-15-10-16-33-24;/h6-17,23H,4-5,18-19H2,1-3H3,(H,30,32)(H2,27,28,29);1H. The second-order valence-electron chi connectivity index (χ2n) is 7.59. The number of anilines is 1. The van der Waals surface area contributed by atoms with E-state index in [0.29, 0.717) is 12.2 Å². The first-order valence-corrected chi connectivity index (χ1v) is 11.3. The molecule has 1 heterocycles. The van der Waals surface area contributed by atoms with Crippen LogP contribution in [0.3, 0.4) is 0 Å². The minimum Gasteiger partial charge on any atom is -0.459 e. The molecular formula is C26H34IN5O2. The van der Waals surface area contributed by atoms with Gasteiger partial charge in [0.1, 0.15) is 0 Å². The maximum Gasteiger partial charge on any atom is 0.291 e. The number of aliphatic imine (C=N–C) groups is 1. The third-order valence-corrected chi connectivity index (χ3v) is 5.51. The van der Waals surface area contributed by atoms with Crippen LogP contribution < -0.4 is 16.0 Å². The lowest BCUT2D eigenvalue weighted by Gasteiger charge is -2.30. The second-order valence-corrected chi connectivity index (χ2v) is 7.59. The first-order chi connectivity index (χ1) is 16.1. The van der Waals surface area contributed by atoms with Crippen LogP contribution in [0.5, 0.6) is 0 Å². The molecule has 3 aromatic rings. The van der Waals surface area contributed by atoms with Gasteiger partial charge in [0.2, 0.25) is 0 Å². The molecule has 8 heteroatoms. The number of hydrogen-bond acceptors (Lipinski definition) is 4. The molecule has 1 unspecified atom stereocenters. The third kappa shape index (κ3) is 7.88. The number of likely N-dealkylation sites (N-methyl/N-ethyl adjacent to an activating group) is 1. The second kappa shape index (κ2) is 14.4. The number of nitrogens with one attached hydrogen (secondary N) is 3. The van der Waals surface area contributed by atoms with E-state index in [2.05, 4.69) is 64.0 Å². The van der Waals surface area contributed by atoms with Crippen molar-refractivity contribution in [2.45, 2.75) is 26.4 Å². The van der Waals surface area contributed by atoms with Gasteiger partial charge in [-0.2, -0.15) is 0 Å². The molecule has 0 fully saturated rings. The van der Waals surface area contributed by atoms with Gasteiger partial charge in [0, 0.05) is 25.8 Å². The number of carbonyl (C=O) groups is 1. The van der Waals surface area contributed by atoms with Crippen molar-refractivity contribution in [1.82, 2.24) is 15.5 Å². The van der Waals surface area contributed by atoms with Crippen LogP contribution in [0.4, 0.5) is 5.69 Å². The molecule has 0 spiro atoms. The van der Waals surface area contributed by atoms with Gasteiger partial charge in [0.15, 0.2) is 11.7 Å². The van der Waals surface area contributed by atoms with Crippen LogP contribution in [0, 0.1) is 0 Å². The Kier molecular flexibility index (Phi) is 11.6. The number of guanidine groups is 1. The topological polar surface area (TPSA) is 81.9 Å². The fourth-order valence-electron chi connectivity index (χ4n) is 3.76. The Morgan fingerprint density at radius 3 is 2.41 bits per heavy atom. The minimum atomic E-state index is -0.272. The average Bonchev–Trinajstić information content (AvgIpc) is 3.40. The largest absolute Gasteiger partial charge is 0.459 e. The molecule has 0 radical (unpaired) electrons. The number of rotatable bonds is 10. The lowest BCUT2D eigenvalue weighted by Crippen LogP contribution is -2.43. The summed E-state index contributed by atoms with van der Waals surface area (Å²) in [5, 5.41) is 9.69. The SMILES string of the molecule is CCN(CC)C(CNC(=NC)NCc1cccc(NC(=O)c2ccco2)c1)c1ccccc1.I. The highest BCUT2D eigenvalue weighted by molar-refractivity contribution is 14.0. The molecule has 1 amide bonds. The van der Waals surface area contributed by atoms with E-state index in [1.54, 1.807) is 19.2 Å². The zero-order valence-electron chi connectivity index (χ0n) is 20.0. The molecule has 0 aliphatic rings. The summed E-state index contributed by atoms with van der Waals surface area (Å²) in [5.74, 6) is 0.739. The van der Waals surface area contributed by atoms with Crippen molar-refractivity contribution in [3.63, 3.8) is 0 Å². The molecule has 3 rings (SSSR count). The van der Waals surface area contributed by atoms with Crippen molar-refractivity contribution in [2.24, 2.45) is 4.99 Å². The fourth-order valence-corrected chi connectivity index (χ4v) is 3.76. The number of carbonyl (C=O) groups excluding carboxylic acids is 1. The summed E-state index contributed by atoms with van der Waals surface area (Å²) in [6.45, 7) is 7.63. The molecule has 3 N–H and O–H groups in total. The molecule has 182 valence electrons. The Balaban J connectivity index is 0.00000408. The summed E-state index contributed by atoms with van der Waals surface area (Å²) in [6, 6.07) is 21.8. The van der Waals surface area contributed by atoms with Gasteiger partial charge >= 0.3 is 0 Å². The lowest BCUT2D eigenvalue weighted by atomic mass is 10.1. The molecule has 1 aromatic heterocycles. The monoisotopic (exact) mass is 575 g/mol. The molecule has 34 heavy (non-hydrogen) atoms. The van der Waals surface area contributed by atoms with Crippen molar-refractivity contribution in [1.29, 1.82) is 0 Å². The average molecular weight is 575 g/mol. The van der Waals surface area contributed by atoms with Gasteiger partial charge in [0.25, 0.3) is 5.91 Å². The van der Waals surface area contributed by atoms with Gasteiger partial charge in [-0.3, -0.25) is 14.7 Å². The summed E-state index contributed by atoms with van der Waals surface area (Å²) >= 11 is 0. The Labute approximate surface area is 219 Å². The van der Waals surface area contributed by atoms with Gasteiger partial charge in [0.05, 0.1) is 12.3 Å². The highest BCUT2D eigenvalue weighted by Gasteiger charge is 2.18. The summed E-state index contributed by atoms with van der Waals surface area (Å²) < 4.78 is 5.15. The van der Waals surface area contributed by atoms with Crippen LogP contribution in [0.25, 0.3) is 0 Å². The van der Waals surface area contributed by atoms with Gasteiger partial charge in [-0.25, -0.2) is 0 Å². The third-order valence-electron chi connectivity index (χ3n) is 5.51. The summed E-state index contributed by atoms with van der Waals surface area (Å²) in [7, 11) is 1.77. The number of benzene rings is 2. The summed E-state index contributed by atoms with van der Waals surface area (Å²) in [5.41, 5.74) is 3.02. The zero-order valence-corrected chi connectivity index (χ0v) is 22.3. The molecular weight excluding hydrogens is 541 g/mol. The smallest absolute Gasteiger partial charge is 0.291 e.